The van der Waals surface area contributed by atoms with E-state index in [9.17, 15) is 9.18 Å². The molecule has 1 heterocycles. The van der Waals surface area contributed by atoms with Gasteiger partial charge in [-0.25, -0.2) is 9.37 Å². The Morgan fingerprint density at radius 3 is 2.48 bits per heavy atom. The van der Waals surface area contributed by atoms with Crippen LogP contribution < -0.4 is 14.8 Å². The van der Waals surface area contributed by atoms with E-state index < -0.39 is 5.91 Å². The first-order valence-corrected chi connectivity index (χ1v) is 7.36. The molecule has 0 aliphatic rings. The van der Waals surface area contributed by atoms with Gasteiger partial charge in [-0.2, -0.15) is 0 Å². The molecule has 1 aromatic heterocycles. The van der Waals surface area contributed by atoms with E-state index in [2.05, 4.69) is 10.3 Å². The SMILES string of the molecule is COc1ccc(NC(=O)c2ncc(-c3ccc(F)cc3)o2)cc1OC. The van der Waals surface area contributed by atoms with Crippen molar-refractivity contribution in [3.8, 4) is 22.8 Å². The van der Waals surface area contributed by atoms with Crippen LogP contribution in [0.1, 0.15) is 10.7 Å². The third kappa shape index (κ3) is 3.60. The highest BCUT2D eigenvalue weighted by atomic mass is 19.1. The third-order valence-corrected chi connectivity index (χ3v) is 3.47. The summed E-state index contributed by atoms with van der Waals surface area (Å²) in [5.41, 5.74) is 1.13. The number of carbonyl (C=O) groups excluding carboxylic acids is 1. The van der Waals surface area contributed by atoms with Gasteiger partial charge < -0.3 is 19.2 Å². The lowest BCUT2D eigenvalue weighted by molar-refractivity contribution is 0.0991. The zero-order valence-corrected chi connectivity index (χ0v) is 13.6. The molecule has 0 atom stereocenters. The number of halogens is 1. The quantitative estimate of drug-likeness (QED) is 0.764. The van der Waals surface area contributed by atoms with Crippen LogP contribution in [0.25, 0.3) is 11.3 Å². The molecule has 7 heteroatoms. The lowest BCUT2D eigenvalue weighted by Crippen LogP contribution is -2.12. The number of ether oxygens (including phenoxy) is 2. The number of nitrogens with zero attached hydrogens (tertiary/aromatic N) is 1. The topological polar surface area (TPSA) is 73.6 Å². The largest absolute Gasteiger partial charge is 0.493 e. The van der Waals surface area contributed by atoms with E-state index in [0.29, 0.717) is 28.5 Å². The van der Waals surface area contributed by atoms with Crippen molar-refractivity contribution in [1.29, 1.82) is 0 Å². The number of aromatic nitrogens is 1. The number of rotatable bonds is 5. The lowest BCUT2D eigenvalue weighted by atomic mass is 10.2. The Hall–Kier alpha value is -3.35. The molecule has 3 aromatic rings. The summed E-state index contributed by atoms with van der Waals surface area (Å²) in [5.74, 6) is 0.441. The molecule has 6 nitrogen and oxygen atoms in total. The molecule has 128 valence electrons. The Bertz CT molecular complexity index is 890. The van der Waals surface area contributed by atoms with E-state index in [0.717, 1.165) is 0 Å². The van der Waals surface area contributed by atoms with Gasteiger partial charge in [0.1, 0.15) is 5.82 Å². The molecule has 3 rings (SSSR count). The Kier molecular flexibility index (Phi) is 4.65. The van der Waals surface area contributed by atoms with Crippen molar-refractivity contribution in [2.45, 2.75) is 0 Å². The summed E-state index contributed by atoms with van der Waals surface area (Å²) in [5, 5.41) is 2.67. The number of oxazole rings is 1. The molecule has 1 N–H and O–H groups in total. The summed E-state index contributed by atoms with van der Waals surface area (Å²) < 4.78 is 28.7. The minimum absolute atomic E-state index is 0.103. The molecule has 0 spiro atoms. The molecule has 2 aromatic carbocycles. The van der Waals surface area contributed by atoms with Crippen LogP contribution in [0, 0.1) is 5.82 Å². The molecule has 0 saturated carbocycles. The maximum absolute atomic E-state index is 13.0. The Balaban J connectivity index is 1.77. The first-order chi connectivity index (χ1) is 12.1. The average molecular weight is 342 g/mol. The molecule has 1 amide bonds. The van der Waals surface area contributed by atoms with Gasteiger partial charge >= 0.3 is 5.91 Å². The monoisotopic (exact) mass is 342 g/mol. The zero-order valence-electron chi connectivity index (χ0n) is 13.6. The molecular weight excluding hydrogens is 327 g/mol. The van der Waals surface area contributed by atoms with Gasteiger partial charge in [-0.05, 0) is 36.4 Å². The molecule has 0 bridgehead atoms. The van der Waals surface area contributed by atoms with Gasteiger partial charge in [0.15, 0.2) is 17.3 Å². The standard InChI is InChI=1S/C18H15FN2O4/c1-23-14-8-7-13(9-15(14)24-2)21-17(22)18-20-10-16(25-18)11-3-5-12(19)6-4-11/h3-10H,1-2H3,(H,21,22). The Labute approximate surface area is 143 Å². The predicted octanol–water partition coefficient (Wildman–Crippen LogP) is 3.75. The van der Waals surface area contributed by atoms with E-state index in [1.807, 2.05) is 0 Å². The molecule has 0 aliphatic heterocycles. The Morgan fingerprint density at radius 1 is 1.08 bits per heavy atom. The maximum atomic E-state index is 13.0. The van der Waals surface area contributed by atoms with Crippen molar-refractivity contribution < 1.29 is 23.1 Å². The highest BCUT2D eigenvalue weighted by Gasteiger charge is 2.15. The fourth-order valence-electron chi connectivity index (χ4n) is 2.23. The summed E-state index contributed by atoms with van der Waals surface area (Å²) in [6, 6.07) is 10.7. The summed E-state index contributed by atoms with van der Waals surface area (Å²) in [6.45, 7) is 0. The van der Waals surface area contributed by atoms with Crippen LogP contribution in [0.15, 0.2) is 53.1 Å². The van der Waals surface area contributed by atoms with Crippen LogP contribution in [0.5, 0.6) is 11.5 Å². The van der Waals surface area contributed by atoms with E-state index in [1.54, 1.807) is 30.3 Å². The van der Waals surface area contributed by atoms with Crippen molar-refractivity contribution in [3.05, 3.63) is 60.4 Å². The van der Waals surface area contributed by atoms with Crippen molar-refractivity contribution in [2.75, 3.05) is 19.5 Å². The van der Waals surface area contributed by atoms with Crippen molar-refractivity contribution in [2.24, 2.45) is 0 Å². The predicted molar refractivity (Wildman–Crippen MR) is 89.4 cm³/mol. The van der Waals surface area contributed by atoms with Gasteiger partial charge in [-0.1, -0.05) is 0 Å². The summed E-state index contributed by atoms with van der Waals surface area (Å²) in [4.78, 5) is 16.2. The molecule has 0 fully saturated rings. The molecule has 0 saturated heterocycles. The number of hydrogen-bond donors (Lipinski definition) is 1. The first kappa shape index (κ1) is 16.5. The molecule has 0 aliphatic carbocycles. The number of anilines is 1. The third-order valence-electron chi connectivity index (χ3n) is 3.47. The summed E-state index contributed by atoms with van der Waals surface area (Å²) in [7, 11) is 3.03. The van der Waals surface area contributed by atoms with E-state index in [1.165, 1.54) is 32.5 Å². The minimum atomic E-state index is -0.513. The lowest BCUT2D eigenvalue weighted by Gasteiger charge is -2.09. The first-order valence-electron chi connectivity index (χ1n) is 7.36. The van der Waals surface area contributed by atoms with Crippen molar-refractivity contribution in [1.82, 2.24) is 4.98 Å². The number of benzene rings is 2. The summed E-state index contributed by atoms with van der Waals surface area (Å²) >= 11 is 0. The van der Waals surface area contributed by atoms with Crippen LogP contribution in [-0.4, -0.2) is 25.1 Å². The van der Waals surface area contributed by atoms with Crippen molar-refractivity contribution >= 4 is 11.6 Å². The van der Waals surface area contributed by atoms with Gasteiger partial charge in [0.25, 0.3) is 5.89 Å². The van der Waals surface area contributed by atoms with E-state index in [4.69, 9.17) is 13.9 Å². The van der Waals surface area contributed by atoms with E-state index in [-0.39, 0.29) is 11.7 Å². The second kappa shape index (κ2) is 7.04. The fraction of sp³-hybridized carbons (Fsp3) is 0.111. The molecule has 25 heavy (non-hydrogen) atoms. The summed E-state index contributed by atoms with van der Waals surface area (Å²) in [6.07, 6.45) is 1.41. The van der Waals surface area contributed by atoms with Gasteiger partial charge in [0.05, 0.1) is 20.4 Å². The second-order valence-corrected chi connectivity index (χ2v) is 5.06. The molecular formula is C18H15FN2O4. The smallest absolute Gasteiger partial charge is 0.311 e. The number of methoxy groups -OCH3 is 2. The number of amides is 1. The molecule has 0 unspecified atom stereocenters. The number of hydrogen-bond acceptors (Lipinski definition) is 5. The average Bonchev–Trinajstić information content (AvgIpc) is 3.12. The van der Waals surface area contributed by atoms with Gasteiger partial charge in [0.2, 0.25) is 0 Å². The van der Waals surface area contributed by atoms with Gasteiger partial charge in [-0.15, -0.1) is 0 Å². The van der Waals surface area contributed by atoms with Crippen LogP contribution in [0.2, 0.25) is 0 Å². The minimum Gasteiger partial charge on any atom is -0.493 e. The maximum Gasteiger partial charge on any atom is 0.311 e. The van der Waals surface area contributed by atoms with Crippen LogP contribution >= 0.6 is 0 Å². The van der Waals surface area contributed by atoms with Crippen LogP contribution in [0.4, 0.5) is 10.1 Å². The second-order valence-electron chi connectivity index (χ2n) is 5.06. The Morgan fingerprint density at radius 2 is 1.80 bits per heavy atom. The fourth-order valence-corrected chi connectivity index (χ4v) is 2.23. The highest BCUT2D eigenvalue weighted by Crippen LogP contribution is 2.30. The zero-order chi connectivity index (χ0) is 17.8. The van der Waals surface area contributed by atoms with Gasteiger partial charge in [-0.3, -0.25) is 4.79 Å². The van der Waals surface area contributed by atoms with Gasteiger partial charge in [0, 0.05) is 17.3 Å². The molecule has 0 radical (unpaired) electrons. The number of carbonyl (C=O) groups is 1. The normalized spacial score (nSPS) is 10.4. The van der Waals surface area contributed by atoms with E-state index >= 15 is 0 Å². The van der Waals surface area contributed by atoms with Crippen molar-refractivity contribution in [3.63, 3.8) is 0 Å². The highest BCUT2D eigenvalue weighted by molar-refractivity contribution is 6.01. The van der Waals surface area contributed by atoms with Crippen LogP contribution in [0.3, 0.4) is 0 Å². The van der Waals surface area contributed by atoms with Crippen LogP contribution in [-0.2, 0) is 0 Å². The number of nitrogens with one attached hydrogen (secondary N) is 1.